The smallest absolute Gasteiger partial charge is 0.155 e. The van der Waals surface area contributed by atoms with Gasteiger partial charge in [-0.25, -0.2) is 0 Å². The lowest BCUT2D eigenvalue weighted by Crippen LogP contribution is -2.18. The number of methoxy groups -OCH3 is 1. The normalized spacial score (nSPS) is 14.6. The van der Waals surface area contributed by atoms with Crippen LogP contribution in [0.2, 0.25) is 0 Å². The van der Waals surface area contributed by atoms with Gasteiger partial charge in [-0.05, 0) is 42.8 Å². The van der Waals surface area contributed by atoms with Crippen molar-refractivity contribution in [3.63, 3.8) is 0 Å². The molecule has 1 aliphatic rings. The zero-order chi connectivity index (χ0) is 18.0. The number of allylic oxidation sites excluding steroid dienone is 1. The second-order valence-electron chi connectivity index (χ2n) is 6.18. The molecule has 3 rings (SSSR count). The molecule has 0 atom stereocenters. The summed E-state index contributed by atoms with van der Waals surface area (Å²) in [5.41, 5.74) is 3.41. The maximum Gasteiger partial charge on any atom is 0.155 e. The van der Waals surface area contributed by atoms with Crippen LogP contribution >= 0.6 is 11.8 Å². The molecule has 0 N–H and O–H groups in total. The van der Waals surface area contributed by atoms with Gasteiger partial charge in [0, 0.05) is 37.3 Å². The number of anilines is 2. The van der Waals surface area contributed by atoms with Crippen molar-refractivity contribution in [2.75, 3.05) is 31.0 Å². The number of thioether (sulfide) groups is 1. The highest BCUT2D eigenvalue weighted by molar-refractivity contribution is 8.03. The molecule has 2 aromatic carbocycles. The number of nitrogens with zero attached hydrogens (tertiary/aromatic N) is 2. The highest BCUT2D eigenvalue weighted by Crippen LogP contribution is 2.48. The number of hydrogen-bond acceptors (Lipinski definition) is 5. The Kier molecular flexibility index (Phi) is 5.04. The van der Waals surface area contributed by atoms with Crippen LogP contribution in [0.15, 0.2) is 58.5 Å². The Morgan fingerprint density at radius 1 is 1.24 bits per heavy atom. The van der Waals surface area contributed by atoms with E-state index in [1.165, 1.54) is 4.90 Å². The number of ether oxygens (including phenoxy) is 1. The maximum absolute atomic E-state index is 11.7. The molecule has 1 aliphatic heterocycles. The third-order valence-electron chi connectivity index (χ3n) is 4.03. The highest BCUT2D eigenvalue weighted by atomic mass is 32.2. The number of rotatable bonds is 5. The number of carbonyl (C=O) groups is 1. The molecular weight excluding hydrogens is 332 g/mol. The quantitative estimate of drug-likeness (QED) is 0.748. The van der Waals surface area contributed by atoms with Crippen LogP contribution in [-0.2, 0) is 11.3 Å². The first kappa shape index (κ1) is 17.4. The van der Waals surface area contributed by atoms with Gasteiger partial charge < -0.3 is 14.5 Å². The van der Waals surface area contributed by atoms with Crippen LogP contribution in [0.1, 0.15) is 12.5 Å². The molecule has 0 radical (unpaired) electrons. The number of benzene rings is 2. The van der Waals surface area contributed by atoms with Crippen molar-refractivity contribution < 1.29 is 9.53 Å². The molecule has 0 fully saturated rings. The van der Waals surface area contributed by atoms with E-state index in [0.717, 1.165) is 27.7 Å². The fourth-order valence-corrected chi connectivity index (χ4v) is 3.90. The van der Waals surface area contributed by atoms with Crippen LogP contribution in [0, 0.1) is 0 Å². The second kappa shape index (κ2) is 7.23. The number of hydrogen-bond donors (Lipinski definition) is 0. The molecule has 0 aliphatic carbocycles. The summed E-state index contributed by atoms with van der Waals surface area (Å²) < 4.78 is 5.33. The average Bonchev–Trinajstić information content (AvgIpc) is 2.91. The first-order valence-electron chi connectivity index (χ1n) is 8.10. The van der Waals surface area contributed by atoms with Crippen molar-refractivity contribution >= 4 is 28.9 Å². The van der Waals surface area contributed by atoms with Crippen molar-refractivity contribution in [3.05, 3.63) is 59.1 Å². The highest BCUT2D eigenvalue weighted by Gasteiger charge is 2.26. The Balaban J connectivity index is 2.01. The first-order chi connectivity index (χ1) is 12.0. The van der Waals surface area contributed by atoms with Gasteiger partial charge in [-0.2, -0.15) is 0 Å². The minimum atomic E-state index is 0.0544. The lowest BCUT2D eigenvalue weighted by atomic mass is 10.1. The summed E-state index contributed by atoms with van der Waals surface area (Å²) in [5.74, 6) is 0.891. The van der Waals surface area contributed by atoms with Gasteiger partial charge >= 0.3 is 0 Å². The molecular formula is C20H22N2O2S. The van der Waals surface area contributed by atoms with Crippen LogP contribution in [0.25, 0.3) is 0 Å². The van der Waals surface area contributed by atoms with Crippen molar-refractivity contribution in [1.29, 1.82) is 0 Å². The van der Waals surface area contributed by atoms with Gasteiger partial charge in [-0.1, -0.05) is 23.9 Å². The molecule has 25 heavy (non-hydrogen) atoms. The Morgan fingerprint density at radius 2 is 2.04 bits per heavy atom. The Hall–Kier alpha value is -2.40. The SMILES string of the molecule is COc1cccc(CN2/C(=C/C(C)=O)Sc3ccc(N(C)C)cc32)c1. The predicted molar refractivity (Wildman–Crippen MR) is 105 cm³/mol. The van der Waals surface area contributed by atoms with Gasteiger partial charge in [0.2, 0.25) is 0 Å². The van der Waals surface area contributed by atoms with Crippen molar-refractivity contribution in [1.82, 2.24) is 0 Å². The van der Waals surface area contributed by atoms with Crippen LogP contribution in [-0.4, -0.2) is 27.0 Å². The van der Waals surface area contributed by atoms with E-state index in [2.05, 4.69) is 34.1 Å². The first-order valence-corrected chi connectivity index (χ1v) is 8.91. The van der Waals surface area contributed by atoms with Crippen LogP contribution in [0.5, 0.6) is 5.75 Å². The summed E-state index contributed by atoms with van der Waals surface area (Å²) >= 11 is 1.64. The average molecular weight is 354 g/mol. The zero-order valence-electron chi connectivity index (χ0n) is 14.9. The van der Waals surface area contributed by atoms with Gasteiger partial charge in [-0.3, -0.25) is 4.79 Å². The maximum atomic E-state index is 11.7. The lowest BCUT2D eigenvalue weighted by Gasteiger charge is -2.22. The van der Waals surface area contributed by atoms with E-state index in [1.807, 2.05) is 32.3 Å². The van der Waals surface area contributed by atoms with Crippen LogP contribution < -0.4 is 14.5 Å². The van der Waals surface area contributed by atoms with E-state index in [-0.39, 0.29) is 5.78 Å². The van der Waals surface area contributed by atoms with Crippen LogP contribution in [0.3, 0.4) is 0 Å². The fraction of sp³-hybridized carbons (Fsp3) is 0.250. The summed E-state index contributed by atoms with van der Waals surface area (Å²) in [4.78, 5) is 17.1. The van der Waals surface area contributed by atoms with Gasteiger partial charge in [0.1, 0.15) is 5.75 Å². The third-order valence-corrected chi connectivity index (χ3v) is 5.14. The number of ketones is 1. The Bertz CT molecular complexity index is 830. The van der Waals surface area contributed by atoms with Gasteiger partial charge in [0.25, 0.3) is 0 Å². The molecule has 0 saturated heterocycles. The molecule has 0 spiro atoms. The van der Waals surface area contributed by atoms with Crippen molar-refractivity contribution in [2.45, 2.75) is 18.4 Å². The van der Waals surface area contributed by atoms with Crippen molar-refractivity contribution in [3.8, 4) is 5.75 Å². The Morgan fingerprint density at radius 3 is 2.72 bits per heavy atom. The summed E-state index contributed by atoms with van der Waals surface area (Å²) in [6, 6.07) is 14.4. The molecule has 1 heterocycles. The van der Waals surface area contributed by atoms with Crippen LogP contribution in [0.4, 0.5) is 11.4 Å². The molecule has 2 aromatic rings. The zero-order valence-corrected chi connectivity index (χ0v) is 15.8. The predicted octanol–water partition coefficient (Wildman–Crippen LogP) is 4.30. The fourth-order valence-electron chi connectivity index (χ4n) is 2.77. The van der Waals surface area contributed by atoms with E-state index in [4.69, 9.17) is 4.74 Å². The molecule has 0 amide bonds. The van der Waals surface area contributed by atoms with E-state index in [0.29, 0.717) is 6.54 Å². The largest absolute Gasteiger partial charge is 0.497 e. The summed E-state index contributed by atoms with van der Waals surface area (Å²) in [6.07, 6.45) is 1.71. The number of carbonyl (C=O) groups excluding carboxylic acids is 1. The number of fused-ring (bicyclic) bond motifs is 1. The van der Waals surface area contributed by atoms with Gasteiger partial charge in [0.15, 0.2) is 5.78 Å². The monoisotopic (exact) mass is 354 g/mol. The lowest BCUT2D eigenvalue weighted by molar-refractivity contribution is -0.112. The minimum Gasteiger partial charge on any atom is -0.497 e. The molecule has 0 aromatic heterocycles. The molecule has 130 valence electrons. The second-order valence-corrected chi connectivity index (χ2v) is 7.24. The van der Waals surface area contributed by atoms with E-state index in [9.17, 15) is 4.79 Å². The third kappa shape index (κ3) is 3.82. The minimum absolute atomic E-state index is 0.0544. The summed E-state index contributed by atoms with van der Waals surface area (Å²) in [6.45, 7) is 2.28. The van der Waals surface area contributed by atoms with E-state index >= 15 is 0 Å². The topological polar surface area (TPSA) is 32.8 Å². The van der Waals surface area contributed by atoms with E-state index in [1.54, 1.807) is 31.9 Å². The molecule has 0 saturated carbocycles. The van der Waals surface area contributed by atoms with E-state index < -0.39 is 0 Å². The van der Waals surface area contributed by atoms with Gasteiger partial charge in [0.05, 0.1) is 17.8 Å². The molecule has 4 nitrogen and oxygen atoms in total. The summed E-state index contributed by atoms with van der Waals surface area (Å²) in [5, 5.41) is 0.959. The van der Waals surface area contributed by atoms with Gasteiger partial charge in [-0.15, -0.1) is 0 Å². The molecule has 5 heteroatoms. The Labute approximate surface area is 153 Å². The molecule has 0 unspecified atom stereocenters. The van der Waals surface area contributed by atoms with Crippen molar-refractivity contribution in [2.24, 2.45) is 0 Å². The molecule has 0 bridgehead atoms. The standard InChI is InChI=1S/C20H22N2O2S/c1-14(23)10-20-22(13-15-6-5-7-17(11-15)24-4)18-12-16(21(2)3)8-9-19(18)25-20/h5-12H,13H2,1-4H3/b20-10-. The summed E-state index contributed by atoms with van der Waals surface area (Å²) in [7, 11) is 5.73.